The van der Waals surface area contributed by atoms with Crippen LogP contribution in [0.15, 0.2) is 34.0 Å². The number of rotatable bonds is 6. The molecule has 0 bridgehead atoms. The SMILES string of the molecule is CC1([C@@H](NC(=O)c2cc(=O)[nH]c(C3CC3)n2)c2ccc(SC(F)(F)F)c(F)c2)CC1. The molecule has 2 saturated carbocycles. The molecule has 0 spiro atoms. The highest BCUT2D eigenvalue weighted by Gasteiger charge is 2.46. The molecule has 4 rings (SSSR count). The first-order chi connectivity index (χ1) is 14.0. The molecule has 160 valence electrons. The zero-order chi connectivity index (χ0) is 21.7. The summed E-state index contributed by atoms with van der Waals surface area (Å²) in [6, 6.07) is 3.99. The number of H-pyrrole nitrogens is 1. The van der Waals surface area contributed by atoms with Crippen molar-refractivity contribution in [1.82, 2.24) is 15.3 Å². The van der Waals surface area contributed by atoms with Gasteiger partial charge in [0.1, 0.15) is 17.3 Å². The number of alkyl halides is 3. The maximum Gasteiger partial charge on any atom is 0.446 e. The Morgan fingerprint density at radius 3 is 2.57 bits per heavy atom. The van der Waals surface area contributed by atoms with Crippen LogP contribution in [-0.4, -0.2) is 21.4 Å². The average Bonchev–Trinajstić information content (AvgIpc) is 3.56. The zero-order valence-corrected chi connectivity index (χ0v) is 16.8. The molecule has 2 N–H and O–H groups in total. The van der Waals surface area contributed by atoms with Crippen molar-refractivity contribution in [2.45, 2.75) is 55.0 Å². The Morgan fingerprint density at radius 2 is 2.00 bits per heavy atom. The van der Waals surface area contributed by atoms with Gasteiger partial charge in [0.15, 0.2) is 0 Å². The van der Waals surface area contributed by atoms with Crippen LogP contribution in [0.4, 0.5) is 17.6 Å². The molecule has 2 fully saturated rings. The quantitative estimate of drug-likeness (QED) is 0.505. The standard InChI is InChI=1S/C20H19F4N3O2S/c1-19(6-7-19)16(11-4-5-14(12(21)8-11)30-20(22,23)24)27-18(29)13-9-15(28)26-17(25-13)10-2-3-10/h4-5,8-10,16H,2-3,6-7H2,1H3,(H,27,29)(H,25,26,28)/t16-/m0/s1. The van der Waals surface area contributed by atoms with E-state index in [0.717, 1.165) is 43.9 Å². The monoisotopic (exact) mass is 441 g/mol. The number of thioether (sulfide) groups is 1. The summed E-state index contributed by atoms with van der Waals surface area (Å²) in [5.41, 5.74) is -5.02. The molecule has 2 aliphatic carbocycles. The molecule has 0 unspecified atom stereocenters. The average molecular weight is 441 g/mol. The second kappa shape index (κ2) is 7.40. The van der Waals surface area contributed by atoms with Gasteiger partial charge in [-0.1, -0.05) is 13.0 Å². The molecule has 0 radical (unpaired) electrons. The Bertz CT molecular complexity index is 1050. The van der Waals surface area contributed by atoms with E-state index in [1.165, 1.54) is 6.07 Å². The van der Waals surface area contributed by atoms with Crippen molar-refractivity contribution in [1.29, 1.82) is 0 Å². The molecule has 1 heterocycles. The summed E-state index contributed by atoms with van der Waals surface area (Å²) in [4.78, 5) is 31.1. The van der Waals surface area contributed by atoms with Crippen molar-refractivity contribution < 1.29 is 22.4 Å². The van der Waals surface area contributed by atoms with Gasteiger partial charge >= 0.3 is 5.51 Å². The molecule has 2 aromatic rings. The summed E-state index contributed by atoms with van der Waals surface area (Å²) in [5, 5.41) is 2.81. The number of aromatic amines is 1. The number of hydrogen-bond acceptors (Lipinski definition) is 4. The fraction of sp³-hybridized carbons (Fsp3) is 0.450. The van der Waals surface area contributed by atoms with Crippen LogP contribution in [0.3, 0.4) is 0 Å². The summed E-state index contributed by atoms with van der Waals surface area (Å²) in [6.07, 6.45) is 3.34. The van der Waals surface area contributed by atoms with Gasteiger partial charge in [-0.15, -0.1) is 0 Å². The molecule has 30 heavy (non-hydrogen) atoms. The van der Waals surface area contributed by atoms with Gasteiger partial charge in [-0.25, -0.2) is 9.37 Å². The van der Waals surface area contributed by atoms with Gasteiger partial charge in [0.25, 0.3) is 11.5 Å². The number of halogens is 4. The van der Waals surface area contributed by atoms with Crippen molar-refractivity contribution in [3.8, 4) is 0 Å². The maximum absolute atomic E-state index is 14.3. The highest BCUT2D eigenvalue weighted by Crippen LogP contribution is 2.54. The van der Waals surface area contributed by atoms with E-state index in [9.17, 15) is 27.2 Å². The zero-order valence-electron chi connectivity index (χ0n) is 16.0. The second-order valence-corrected chi connectivity index (χ2v) is 9.20. The third kappa shape index (κ3) is 4.69. The van der Waals surface area contributed by atoms with Crippen LogP contribution in [-0.2, 0) is 0 Å². The normalized spacial score (nSPS) is 18.7. The molecule has 1 amide bonds. The Labute approximate surface area is 173 Å². The Hall–Kier alpha value is -2.36. The summed E-state index contributed by atoms with van der Waals surface area (Å²) >= 11 is -0.517. The summed E-state index contributed by atoms with van der Waals surface area (Å²) in [5.74, 6) is -0.949. The molecule has 1 aromatic carbocycles. The van der Waals surface area contributed by atoms with E-state index in [1.54, 1.807) is 0 Å². The second-order valence-electron chi connectivity index (χ2n) is 8.09. The minimum Gasteiger partial charge on any atom is -0.343 e. The molecular weight excluding hydrogens is 422 g/mol. The fourth-order valence-corrected chi connectivity index (χ4v) is 3.94. The van der Waals surface area contributed by atoms with Crippen LogP contribution >= 0.6 is 11.8 Å². The van der Waals surface area contributed by atoms with Crippen LogP contribution in [0.5, 0.6) is 0 Å². The van der Waals surface area contributed by atoms with E-state index >= 15 is 0 Å². The van der Waals surface area contributed by atoms with Crippen LogP contribution in [0.1, 0.15) is 66.4 Å². The Balaban J connectivity index is 1.59. The summed E-state index contributed by atoms with van der Waals surface area (Å²) < 4.78 is 52.0. The van der Waals surface area contributed by atoms with Gasteiger partial charge in [0.2, 0.25) is 0 Å². The third-order valence-electron chi connectivity index (χ3n) is 5.48. The van der Waals surface area contributed by atoms with E-state index in [4.69, 9.17) is 0 Å². The number of aromatic nitrogens is 2. The molecule has 1 aromatic heterocycles. The number of nitrogens with one attached hydrogen (secondary N) is 2. The molecule has 0 saturated heterocycles. The highest BCUT2D eigenvalue weighted by molar-refractivity contribution is 8.00. The first kappa shape index (κ1) is 20.9. The predicted molar refractivity (Wildman–Crippen MR) is 103 cm³/mol. The minimum atomic E-state index is -4.59. The lowest BCUT2D eigenvalue weighted by Gasteiger charge is -2.26. The van der Waals surface area contributed by atoms with E-state index < -0.39 is 45.5 Å². The lowest BCUT2D eigenvalue weighted by molar-refractivity contribution is -0.0329. The smallest absolute Gasteiger partial charge is 0.343 e. The fourth-order valence-electron chi connectivity index (χ4n) is 3.40. The van der Waals surface area contributed by atoms with E-state index in [1.807, 2.05) is 6.92 Å². The van der Waals surface area contributed by atoms with Gasteiger partial charge in [-0.2, -0.15) is 13.2 Å². The summed E-state index contributed by atoms with van der Waals surface area (Å²) in [6.45, 7) is 1.91. The van der Waals surface area contributed by atoms with Crippen molar-refractivity contribution >= 4 is 17.7 Å². The molecule has 0 aliphatic heterocycles. The van der Waals surface area contributed by atoms with Gasteiger partial charge in [-0.3, -0.25) is 9.59 Å². The maximum atomic E-state index is 14.3. The van der Waals surface area contributed by atoms with Gasteiger partial charge in [0.05, 0.1) is 10.9 Å². The Morgan fingerprint density at radius 1 is 1.30 bits per heavy atom. The van der Waals surface area contributed by atoms with Crippen molar-refractivity contribution in [3.63, 3.8) is 0 Å². The topological polar surface area (TPSA) is 74.8 Å². The molecule has 2 aliphatic rings. The van der Waals surface area contributed by atoms with E-state index in [0.29, 0.717) is 11.4 Å². The van der Waals surface area contributed by atoms with Crippen molar-refractivity contribution in [2.24, 2.45) is 5.41 Å². The number of nitrogens with zero attached hydrogens (tertiary/aromatic N) is 1. The van der Waals surface area contributed by atoms with Gasteiger partial charge in [-0.05, 0) is 60.6 Å². The first-order valence-electron chi connectivity index (χ1n) is 9.51. The minimum absolute atomic E-state index is 0.0281. The number of carbonyl (C=O) groups is 1. The molecule has 1 atom stereocenters. The highest BCUT2D eigenvalue weighted by atomic mass is 32.2. The number of amides is 1. The molecule has 5 nitrogen and oxygen atoms in total. The lowest BCUT2D eigenvalue weighted by Crippen LogP contribution is -2.35. The lowest BCUT2D eigenvalue weighted by atomic mass is 9.91. The van der Waals surface area contributed by atoms with Crippen molar-refractivity contribution in [3.05, 3.63) is 57.5 Å². The largest absolute Gasteiger partial charge is 0.446 e. The Kier molecular flexibility index (Phi) is 5.16. The van der Waals surface area contributed by atoms with Gasteiger partial charge in [0, 0.05) is 12.0 Å². The van der Waals surface area contributed by atoms with E-state index in [2.05, 4.69) is 15.3 Å². The van der Waals surface area contributed by atoms with Crippen LogP contribution in [0.25, 0.3) is 0 Å². The number of benzene rings is 1. The summed E-state index contributed by atoms with van der Waals surface area (Å²) in [7, 11) is 0. The molecular formula is C20H19F4N3O2S. The van der Waals surface area contributed by atoms with Crippen LogP contribution in [0, 0.1) is 11.2 Å². The van der Waals surface area contributed by atoms with E-state index in [-0.39, 0.29) is 17.0 Å². The van der Waals surface area contributed by atoms with Crippen LogP contribution in [0.2, 0.25) is 0 Å². The van der Waals surface area contributed by atoms with Crippen LogP contribution < -0.4 is 10.9 Å². The molecule has 10 heteroatoms. The predicted octanol–water partition coefficient (Wildman–Crippen LogP) is 4.67. The number of carbonyl (C=O) groups excluding carboxylic acids is 1. The number of hydrogen-bond donors (Lipinski definition) is 2. The first-order valence-corrected chi connectivity index (χ1v) is 10.3. The third-order valence-corrected chi connectivity index (χ3v) is 6.27. The van der Waals surface area contributed by atoms with Crippen molar-refractivity contribution in [2.75, 3.05) is 0 Å². The van der Waals surface area contributed by atoms with Gasteiger partial charge < -0.3 is 10.3 Å².